The minimum Gasteiger partial charge on any atom is -0.496 e. The van der Waals surface area contributed by atoms with Crippen LogP contribution in [0, 0.1) is 10.8 Å². The number of benzene rings is 2. The highest BCUT2D eigenvalue weighted by atomic mass is 16.5. The van der Waals surface area contributed by atoms with Gasteiger partial charge in [0.2, 0.25) is 0 Å². The summed E-state index contributed by atoms with van der Waals surface area (Å²) in [5.41, 5.74) is 0.344. The minimum atomic E-state index is -0.659. The lowest BCUT2D eigenvalue weighted by Gasteiger charge is -2.25. The number of esters is 2. The number of carbonyl (C=O) groups excluding carboxylic acids is 3. The van der Waals surface area contributed by atoms with Crippen LogP contribution in [-0.2, 0) is 15.0 Å². The highest BCUT2D eigenvalue weighted by Gasteiger charge is 2.28. The lowest BCUT2D eigenvalue weighted by Crippen LogP contribution is -2.27. The normalized spacial score (nSPS) is 12.4. The molecule has 2 aromatic rings. The first-order valence-electron chi connectivity index (χ1n) is 11.9. The largest absolute Gasteiger partial charge is 0.496 e. The van der Waals surface area contributed by atoms with Crippen molar-refractivity contribution in [3.8, 4) is 17.2 Å². The molecule has 0 saturated carbocycles. The summed E-state index contributed by atoms with van der Waals surface area (Å²) >= 11 is 0. The first-order chi connectivity index (χ1) is 16.4. The molecule has 0 spiro atoms. The molecule has 0 atom stereocenters. The maximum absolute atomic E-state index is 12.8. The molecule has 0 aliphatic heterocycles. The van der Waals surface area contributed by atoms with Crippen molar-refractivity contribution < 1.29 is 28.6 Å². The SMILES string of the molecule is COc1cc(OC(=O)C(C)(C)C)c(C(C)(C)C)cc1/C=C/C(=O)c1ccc(OC(=O)C(C)(C)C)cc1. The van der Waals surface area contributed by atoms with Crippen LogP contribution in [-0.4, -0.2) is 24.8 Å². The molecule has 2 aromatic carbocycles. The number of rotatable bonds is 6. The van der Waals surface area contributed by atoms with Crippen LogP contribution in [0.3, 0.4) is 0 Å². The quantitative estimate of drug-likeness (QED) is 0.190. The Labute approximate surface area is 214 Å². The fourth-order valence-corrected chi connectivity index (χ4v) is 3.02. The van der Waals surface area contributed by atoms with Crippen LogP contribution >= 0.6 is 0 Å². The Kier molecular flexibility index (Phi) is 8.56. The highest BCUT2D eigenvalue weighted by Crippen LogP contribution is 2.38. The van der Waals surface area contributed by atoms with Crippen molar-refractivity contribution >= 4 is 23.8 Å². The Bertz CT molecular complexity index is 1150. The summed E-state index contributed by atoms with van der Waals surface area (Å²) in [6.07, 6.45) is 3.14. The van der Waals surface area contributed by atoms with E-state index in [-0.39, 0.29) is 23.1 Å². The van der Waals surface area contributed by atoms with Crippen molar-refractivity contribution in [1.29, 1.82) is 0 Å². The lowest BCUT2D eigenvalue weighted by molar-refractivity contribution is -0.143. The number of allylic oxidation sites excluding steroid dienone is 1. The summed E-state index contributed by atoms with van der Waals surface area (Å²) in [4.78, 5) is 37.4. The molecular weight excluding hydrogens is 456 g/mol. The molecule has 0 N–H and O–H groups in total. The van der Waals surface area contributed by atoms with E-state index in [0.717, 1.165) is 5.56 Å². The van der Waals surface area contributed by atoms with Crippen LogP contribution in [0.15, 0.2) is 42.5 Å². The Balaban J connectivity index is 2.33. The van der Waals surface area contributed by atoms with Crippen molar-refractivity contribution in [2.45, 2.75) is 67.7 Å². The second-order valence-electron chi connectivity index (χ2n) is 11.8. The molecule has 6 nitrogen and oxygen atoms in total. The number of hydrogen-bond donors (Lipinski definition) is 0. The van der Waals surface area contributed by atoms with Gasteiger partial charge < -0.3 is 14.2 Å². The molecule has 0 fully saturated rings. The summed E-state index contributed by atoms with van der Waals surface area (Å²) in [5.74, 6) is 0.389. The summed E-state index contributed by atoms with van der Waals surface area (Å²) < 4.78 is 16.6. The van der Waals surface area contributed by atoms with Gasteiger partial charge in [-0.3, -0.25) is 14.4 Å². The Morgan fingerprint density at radius 1 is 0.722 bits per heavy atom. The summed E-state index contributed by atoms with van der Waals surface area (Å²) in [5, 5.41) is 0. The van der Waals surface area contributed by atoms with Gasteiger partial charge in [0.1, 0.15) is 17.2 Å². The van der Waals surface area contributed by atoms with Gasteiger partial charge in [-0.05, 0) is 89.4 Å². The number of methoxy groups -OCH3 is 1. The van der Waals surface area contributed by atoms with E-state index in [1.165, 1.54) is 13.2 Å². The zero-order valence-electron chi connectivity index (χ0n) is 23.1. The van der Waals surface area contributed by atoms with Gasteiger partial charge in [-0.2, -0.15) is 0 Å². The van der Waals surface area contributed by atoms with Gasteiger partial charge in [0.15, 0.2) is 5.78 Å². The van der Waals surface area contributed by atoms with Gasteiger partial charge >= 0.3 is 11.9 Å². The average molecular weight is 495 g/mol. The molecule has 2 rings (SSSR count). The van der Waals surface area contributed by atoms with Crippen molar-refractivity contribution in [3.05, 3.63) is 59.2 Å². The van der Waals surface area contributed by atoms with E-state index < -0.39 is 10.8 Å². The number of hydrogen-bond acceptors (Lipinski definition) is 6. The van der Waals surface area contributed by atoms with Gasteiger partial charge in [-0.15, -0.1) is 0 Å². The molecule has 0 aromatic heterocycles. The minimum absolute atomic E-state index is 0.216. The average Bonchev–Trinajstić information content (AvgIpc) is 2.76. The molecule has 0 radical (unpaired) electrons. The second kappa shape index (κ2) is 10.7. The molecule has 0 unspecified atom stereocenters. The standard InChI is InChI=1S/C30H38O6/c1-28(2,3)22-17-20(24(34-10)18-25(22)36-27(33)30(7,8)9)13-16-23(31)19-11-14-21(15-12-19)35-26(32)29(4,5)6/h11-18H,1-10H3/b16-13+. The van der Waals surface area contributed by atoms with Crippen molar-refractivity contribution in [2.24, 2.45) is 10.8 Å². The molecule has 6 heteroatoms. The maximum atomic E-state index is 12.8. The predicted octanol–water partition coefficient (Wildman–Crippen LogP) is 6.79. The van der Waals surface area contributed by atoms with E-state index in [2.05, 4.69) is 0 Å². The molecule has 0 aliphatic rings. The molecule has 0 heterocycles. The van der Waals surface area contributed by atoms with E-state index in [9.17, 15) is 14.4 Å². The third-order valence-corrected chi connectivity index (χ3v) is 5.33. The smallest absolute Gasteiger partial charge is 0.316 e. The Hall–Kier alpha value is -3.41. The van der Waals surface area contributed by atoms with E-state index in [4.69, 9.17) is 14.2 Å². The summed E-state index contributed by atoms with van der Waals surface area (Å²) in [7, 11) is 1.53. The van der Waals surface area contributed by atoms with E-state index in [1.54, 1.807) is 78.0 Å². The number of ether oxygens (including phenoxy) is 3. The fourth-order valence-electron chi connectivity index (χ4n) is 3.02. The summed E-state index contributed by atoms with van der Waals surface area (Å²) in [6, 6.07) is 9.99. The van der Waals surface area contributed by atoms with Crippen molar-refractivity contribution in [1.82, 2.24) is 0 Å². The highest BCUT2D eigenvalue weighted by molar-refractivity contribution is 6.07. The van der Waals surface area contributed by atoms with E-state index >= 15 is 0 Å². The van der Waals surface area contributed by atoms with Crippen molar-refractivity contribution in [2.75, 3.05) is 7.11 Å². The first-order valence-corrected chi connectivity index (χ1v) is 11.9. The Morgan fingerprint density at radius 2 is 1.25 bits per heavy atom. The third-order valence-electron chi connectivity index (χ3n) is 5.33. The first kappa shape index (κ1) is 28.8. The molecule has 0 aliphatic carbocycles. The Morgan fingerprint density at radius 3 is 1.72 bits per heavy atom. The van der Waals surface area contributed by atoms with Crippen molar-refractivity contribution in [3.63, 3.8) is 0 Å². The van der Waals surface area contributed by atoms with Crippen LogP contribution in [0.1, 0.15) is 83.8 Å². The summed E-state index contributed by atoms with van der Waals surface area (Å²) in [6.45, 7) is 16.8. The second-order valence-corrected chi connectivity index (χ2v) is 11.8. The van der Waals surface area contributed by atoms with Gasteiger partial charge in [0.05, 0.1) is 17.9 Å². The number of carbonyl (C=O) groups is 3. The third kappa shape index (κ3) is 7.54. The number of ketones is 1. The van der Waals surface area contributed by atoms with E-state index in [0.29, 0.717) is 28.4 Å². The zero-order valence-corrected chi connectivity index (χ0v) is 23.1. The molecule has 0 saturated heterocycles. The van der Waals surface area contributed by atoms with E-state index in [1.807, 2.05) is 26.8 Å². The molecular formula is C30H38O6. The predicted molar refractivity (Wildman–Crippen MR) is 142 cm³/mol. The van der Waals surface area contributed by atoms with Crippen LogP contribution in [0.2, 0.25) is 0 Å². The van der Waals surface area contributed by atoms with Crippen LogP contribution in [0.4, 0.5) is 0 Å². The molecule has 0 bridgehead atoms. The van der Waals surface area contributed by atoms with Crippen LogP contribution < -0.4 is 14.2 Å². The molecule has 0 amide bonds. The van der Waals surface area contributed by atoms with Gasteiger partial charge in [0.25, 0.3) is 0 Å². The topological polar surface area (TPSA) is 78.9 Å². The molecule has 194 valence electrons. The zero-order chi connectivity index (χ0) is 27.5. The van der Waals surface area contributed by atoms with Gasteiger partial charge in [0, 0.05) is 22.8 Å². The van der Waals surface area contributed by atoms with Crippen LogP contribution in [0.25, 0.3) is 6.08 Å². The van der Waals surface area contributed by atoms with Crippen LogP contribution in [0.5, 0.6) is 17.2 Å². The molecule has 36 heavy (non-hydrogen) atoms. The fraction of sp³-hybridized carbons (Fsp3) is 0.433. The monoisotopic (exact) mass is 494 g/mol. The van der Waals surface area contributed by atoms with Gasteiger partial charge in [-0.25, -0.2) is 0 Å². The maximum Gasteiger partial charge on any atom is 0.316 e. The van der Waals surface area contributed by atoms with Gasteiger partial charge in [-0.1, -0.05) is 20.8 Å². The lowest BCUT2D eigenvalue weighted by atomic mass is 9.85.